The summed E-state index contributed by atoms with van der Waals surface area (Å²) in [7, 11) is 0. The van der Waals surface area contributed by atoms with E-state index in [4.69, 9.17) is 5.11 Å². The highest BCUT2D eigenvalue weighted by molar-refractivity contribution is 5.81. The number of nitrogens with one attached hydrogen (secondary N) is 1. The summed E-state index contributed by atoms with van der Waals surface area (Å²) in [5.74, 6) is 0.127. The number of rotatable bonds is 3. The van der Waals surface area contributed by atoms with Gasteiger partial charge in [-0.1, -0.05) is 20.8 Å². The van der Waals surface area contributed by atoms with E-state index in [2.05, 4.69) is 17.1 Å². The smallest absolute Gasteiger partial charge is 0.404 e. The van der Waals surface area contributed by atoms with Crippen LogP contribution in [0.15, 0.2) is 0 Å². The first-order chi connectivity index (χ1) is 9.36. The third-order valence-electron chi connectivity index (χ3n) is 4.99. The highest BCUT2D eigenvalue weighted by Crippen LogP contribution is 2.47. The molecule has 20 heavy (non-hydrogen) atoms. The van der Waals surface area contributed by atoms with E-state index in [-0.39, 0.29) is 23.3 Å². The number of nitrogens with zero attached hydrogens (tertiary/aromatic N) is 2. The first-order valence-electron chi connectivity index (χ1n) is 7.36. The maximum absolute atomic E-state index is 12.6. The molecule has 6 heteroatoms. The van der Waals surface area contributed by atoms with Crippen molar-refractivity contribution >= 4 is 12.0 Å². The van der Waals surface area contributed by atoms with Crippen molar-refractivity contribution in [2.45, 2.75) is 33.2 Å². The van der Waals surface area contributed by atoms with Gasteiger partial charge in [-0.3, -0.25) is 4.79 Å². The molecule has 1 aliphatic carbocycles. The lowest BCUT2D eigenvalue weighted by molar-refractivity contribution is -0.150. The number of carboxylic acid groups (broad SMARTS) is 1. The van der Waals surface area contributed by atoms with Gasteiger partial charge in [0.2, 0.25) is 5.91 Å². The zero-order chi connectivity index (χ0) is 14.9. The molecule has 1 aliphatic heterocycles. The second-order valence-electron chi connectivity index (χ2n) is 6.37. The predicted molar refractivity (Wildman–Crippen MR) is 75.5 cm³/mol. The van der Waals surface area contributed by atoms with Gasteiger partial charge in [0, 0.05) is 38.1 Å². The molecule has 0 bridgehead atoms. The Balaban J connectivity index is 1.90. The number of carbonyl (C=O) groups excluding carboxylic acids is 1. The van der Waals surface area contributed by atoms with Gasteiger partial charge in [0.05, 0.1) is 0 Å². The fraction of sp³-hybridized carbons (Fsp3) is 0.857. The van der Waals surface area contributed by atoms with Gasteiger partial charge in [-0.2, -0.15) is 0 Å². The molecule has 2 aliphatic rings. The van der Waals surface area contributed by atoms with E-state index in [9.17, 15) is 9.59 Å². The number of piperazine rings is 1. The molecule has 0 aromatic rings. The van der Waals surface area contributed by atoms with Crippen LogP contribution in [-0.4, -0.2) is 65.7 Å². The highest BCUT2D eigenvalue weighted by atomic mass is 16.4. The number of amides is 2. The third kappa shape index (κ3) is 2.75. The molecule has 0 radical (unpaired) electrons. The third-order valence-corrected chi connectivity index (χ3v) is 4.99. The van der Waals surface area contributed by atoms with E-state index in [1.54, 1.807) is 0 Å². The summed E-state index contributed by atoms with van der Waals surface area (Å²) in [6.07, 6.45) is -0.392. The second-order valence-corrected chi connectivity index (χ2v) is 6.37. The van der Waals surface area contributed by atoms with Crippen LogP contribution in [0.5, 0.6) is 0 Å². The van der Waals surface area contributed by atoms with E-state index in [1.807, 2.05) is 18.7 Å². The monoisotopic (exact) mass is 283 g/mol. The summed E-state index contributed by atoms with van der Waals surface area (Å²) >= 11 is 0. The van der Waals surface area contributed by atoms with E-state index >= 15 is 0 Å². The Hall–Kier alpha value is -1.30. The fourth-order valence-electron chi connectivity index (χ4n) is 3.24. The summed E-state index contributed by atoms with van der Waals surface area (Å²) in [5, 5.41) is 11.3. The molecule has 2 rings (SSSR count). The van der Waals surface area contributed by atoms with Gasteiger partial charge < -0.3 is 20.2 Å². The van der Waals surface area contributed by atoms with Crippen molar-refractivity contribution in [3.8, 4) is 0 Å². The summed E-state index contributed by atoms with van der Waals surface area (Å²) in [6.45, 7) is 10.6. The van der Waals surface area contributed by atoms with Gasteiger partial charge in [0.25, 0.3) is 0 Å². The number of hydrogen-bond donors (Lipinski definition) is 2. The van der Waals surface area contributed by atoms with Crippen molar-refractivity contribution in [1.29, 1.82) is 0 Å². The quantitative estimate of drug-likeness (QED) is 0.805. The molecule has 114 valence electrons. The Morgan fingerprint density at radius 3 is 2.30 bits per heavy atom. The zero-order valence-corrected chi connectivity index (χ0v) is 12.6. The summed E-state index contributed by atoms with van der Waals surface area (Å²) in [4.78, 5) is 27.6. The Labute approximate surface area is 120 Å². The van der Waals surface area contributed by atoms with Crippen LogP contribution in [0.25, 0.3) is 0 Å². The Morgan fingerprint density at radius 1 is 1.25 bits per heavy atom. The molecular weight excluding hydrogens is 258 g/mol. The Bertz CT molecular complexity index is 389. The van der Waals surface area contributed by atoms with Crippen LogP contribution in [-0.2, 0) is 4.79 Å². The molecule has 2 fully saturated rings. The standard InChI is InChI=1S/C14H25N3O3/c1-4-16-5-7-17(8-6-16)12(18)10-9-11(14(10,2)3)15-13(19)20/h10-11,15H,4-9H2,1-3H3,(H,19,20)/t10-,11?/m1/s1. The lowest BCUT2D eigenvalue weighted by atomic mass is 9.58. The molecule has 1 heterocycles. The van der Waals surface area contributed by atoms with E-state index in [0.29, 0.717) is 6.42 Å². The Kier molecular flexibility index (Phi) is 4.22. The molecule has 1 saturated heterocycles. The minimum Gasteiger partial charge on any atom is -0.465 e. The molecule has 2 amide bonds. The number of carbonyl (C=O) groups is 2. The zero-order valence-electron chi connectivity index (χ0n) is 12.6. The molecule has 6 nitrogen and oxygen atoms in total. The lowest BCUT2D eigenvalue weighted by Crippen LogP contribution is -2.63. The lowest BCUT2D eigenvalue weighted by Gasteiger charge is -2.52. The molecule has 0 aromatic carbocycles. The molecule has 2 atom stereocenters. The average molecular weight is 283 g/mol. The van der Waals surface area contributed by atoms with Crippen molar-refractivity contribution in [3.05, 3.63) is 0 Å². The SMILES string of the molecule is CCN1CCN(C(=O)[C@H]2CC(NC(=O)O)C2(C)C)CC1. The van der Waals surface area contributed by atoms with Crippen LogP contribution in [0.3, 0.4) is 0 Å². The molecule has 2 N–H and O–H groups in total. The molecule has 0 spiro atoms. The predicted octanol–water partition coefficient (Wildman–Crippen LogP) is 0.833. The van der Waals surface area contributed by atoms with E-state index < -0.39 is 6.09 Å². The molecular formula is C14H25N3O3. The number of hydrogen-bond acceptors (Lipinski definition) is 3. The first kappa shape index (κ1) is 15.1. The van der Waals surface area contributed by atoms with Gasteiger partial charge in [0.1, 0.15) is 0 Å². The Morgan fingerprint density at radius 2 is 1.85 bits per heavy atom. The van der Waals surface area contributed by atoms with Crippen LogP contribution in [0.2, 0.25) is 0 Å². The minimum absolute atomic E-state index is 0.0625. The van der Waals surface area contributed by atoms with E-state index in [1.165, 1.54) is 0 Å². The van der Waals surface area contributed by atoms with Crippen LogP contribution in [0.1, 0.15) is 27.2 Å². The van der Waals surface area contributed by atoms with Gasteiger partial charge >= 0.3 is 6.09 Å². The van der Waals surface area contributed by atoms with Crippen molar-refractivity contribution in [2.24, 2.45) is 11.3 Å². The summed E-state index contributed by atoms with van der Waals surface area (Å²) in [5.41, 5.74) is -0.294. The summed E-state index contributed by atoms with van der Waals surface area (Å²) < 4.78 is 0. The topological polar surface area (TPSA) is 72.9 Å². The van der Waals surface area contributed by atoms with E-state index in [0.717, 1.165) is 32.7 Å². The van der Waals surface area contributed by atoms with Crippen molar-refractivity contribution in [3.63, 3.8) is 0 Å². The average Bonchev–Trinajstić information content (AvgIpc) is 2.42. The second kappa shape index (κ2) is 5.60. The molecule has 0 aromatic heterocycles. The molecule has 1 saturated carbocycles. The molecule has 1 unspecified atom stereocenters. The van der Waals surface area contributed by atoms with Crippen LogP contribution >= 0.6 is 0 Å². The van der Waals surface area contributed by atoms with Crippen LogP contribution in [0, 0.1) is 11.3 Å². The fourth-order valence-corrected chi connectivity index (χ4v) is 3.24. The number of likely N-dealkylation sites (N-methyl/N-ethyl adjacent to an activating group) is 1. The van der Waals surface area contributed by atoms with Crippen LogP contribution < -0.4 is 5.32 Å². The van der Waals surface area contributed by atoms with Gasteiger partial charge in [-0.25, -0.2) is 4.79 Å². The van der Waals surface area contributed by atoms with Crippen molar-refractivity contribution in [1.82, 2.24) is 15.1 Å². The maximum atomic E-state index is 12.6. The van der Waals surface area contributed by atoms with Crippen LogP contribution in [0.4, 0.5) is 4.79 Å². The largest absolute Gasteiger partial charge is 0.465 e. The highest BCUT2D eigenvalue weighted by Gasteiger charge is 2.53. The summed E-state index contributed by atoms with van der Waals surface area (Å²) in [6, 6.07) is -0.120. The van der Waals surface area contributed by atoms with Gasteiger partial charge in [0.15, 0.2) is 0 Å². The van der Waals surface area contributed by atoms with Gasteiger partial charge in [-0.05, 0) is 18.4 Å². The first-order valence-corrected chi connectivity index (χ1v) is 7.36. The minimum atomic E-state index is -1.01. The normalized spacial score (nSPS) is 29.6. The van der Waals surface area contributed by atoms with Gasteiger partial charge in [-0.15, -0.1) is 0 Å². The maximum Gasteiger partial charge on any atom is 0.404 e. The van der Waals surface area contributed by atoms with Crippen molar-refractivity contribution in [2.75, 3.05) is 32.7 Å². The van der Waals surface area contributed by atoms with Crippen molar-refractivity contribution < 1.29 is 14.7 Å².